The van der Waals surface area contributed by atoms with E-state index in [0.717, 1.165) is 11.1 Å². The number of hydrogen-bond acceptors (Lipinski definition) is 4. The molecule has 0 heterocycles. The highest BCUT2D eigenvalue weighted by molar-refractivity contribution is 6.30. The fraction of sp³-hybridized carbons (Fsp3) is 0.263. The van der Waals surface area contributed by atoms with Gasteiger partial charge in [-0.25, -0.2) is 0 Å². The second-order valence-electron chi connectivity index (χ2n) is 5.43. The molecule has 0 spiro atoms. The van der Waals surface area contributed by atoms with Crippen molar-refractivity contribution < 1.29 is 19.1 Å². The summed E-state index contributed by atoms with van der Waals surface area (Å²) in [5.41, 5.74) is 1.84. The van der Waals surface area contributed by atoms with E-state index in [1.165, 1.54) is 12.0 Å². The molecule has 0 aliphatic rings. The molecular formula is C19H20ClNO4. The first-order valence-corrected chi connectivity index (χ1v) is 8.17. The predicted molar refractivity (Wildman–Crippen MR) is 95.0 cm³/mol. The smallest absolute Gasteiger partial charge is 0.325 e. The van der Waals surface area contributed by atoms with Crippen molar-refractivity contribution in [3.8, 4) is 0 Å². The molecule has 0 fully saturated rings. The van der Waals surface area contributed by atoms with E-state index >= 15 is 0 Å². The SMILES string of the molecule is COC(=O)CN(Cc1ccc(Cl)cc1)C(=O)COCc1ccccc1. The van der Waals surface area contributed by atoms with Crippen LogP contribution in [0.4, 0.5) is 0 Å². The minimum atomic E-state index is -0.481. The van der Waals surface area contributed by atoms with Crippen LogP contribution >= 0.6 is 11.6 Å². The topological polar surface area (TPSA) is 55.8 Å². The molecule has 0 N–H and O–H groups in total. The fourth-order valence-electron chi connectivity index (χ4n) is 2.18. The number of carbonyl (C=O) groups is 2. The summed E-state index contributed by atoms with van der Waals surface area (Å²) in [6.07, 6.45) is 0. The van der Waals surface area contributed by atoms with Crippen molar-refractivity contribution in [2.75, 3.05) is 20.3 Å². The molecule has 6 heteroatoms. The van der Waals surface area contributed by atoms with E-state index < -0.39 is 5.97 Å². The summed E-state index contributed by atoms with van der Waals surface area (Å²) in [6.45, 7) is 0.367. The summed E-state index contributed by atoms with van der Waals surface area (Å²) in [5.74, 6) is -0.762. The Morgan fingerprint density at radius 1 is 1.00 bits per heavy atom. The number of esters is 1. The van der Waals surface area contributed by atoms with Gasteiger partial charge in [0.25, 0.3) is 0 Å². The molecule has 2 aromatic carbocycles. The minimum absolute atomic E-state index is 0.112. The van der Waals surface area contributed by atoms with E-state index in [1.807, 2.05) is 42.5 Å². The van der Waals surface area contributed by atoms with Crippen LogP contribution in [-0.4, -0.2) is 37.0 Å². The van der Waals surface area contributed by atoms with Gasteiger partial charge < -0.3 is 14.4 Å². The number of amides is 1. The Balaban J connectivity index is 1.94. The third-order valence-corrected chi connectivity index (χ3v) is 3.78. The summed E-state index contributed by atoms with van der Waals surface area (Å²) >= 11 is 5.87. The van der Waals surface area contributed by atoms with Gasteiger partial charge in [-0.15, -0.1) is 0 Å². The van der Waals surface area contributed by atoms with Crippen LogP contribution in [-0.2, 0) is 32.2 Å². The van der Waals surface area contributed by atoms with Gasteiger partial charge in [0.1, 0.15) is 13.2 Å². The zero-order chi connectivity index (χ0) is 18.1. The molecule has 0 aliphatic carbocycles. The maximum Gasteiger partial charge on any atom is 0.325 e. The molecule has 0 saturated heterocycles. The molecule has 2 rings (SSSR count). The molecule has 132 valence electrons. The summed E-state index contributed by atoms with van der Waals surface area (Å²) in [7, 11) is 1.29. The number of methoxy groups -OCH3 is 1. The van der Waals surface area contributed by atoms with Gasteiger partial charge in [-0.2, -0.15) is 0 Å². The Morgan fingerprint density at radius 3 is 2.32 bits per heavy atom. The molecule has 0 bridgehead atoms. The van der Waals surface area contributed by atoms with E-state index in [1.54, 1.807) is 12.1 Å². The summed E-state index contributed by atoms with van der Waals surface area (Å²) in [4.78, 5) is 25.4. The van der Waals surface area contributed by atoms with E-state index in [2.05, 4.69) is 4.74 Å². The average Bonchev–Trinajstić information content (AvgIpc) is 2.63. The molecule has 5 nitrogen and oxygen atoms in total. The van der Waals surface area contributed by atoms with Crippen LogP contribution in [0.2, 0.25) is 5.02 Å². The predicted octanol–water partition coefficient (Wildman–Crippen LogP) is 3.06. The molecular weight excluding hydrogens is 342 g/mol. The Bertz CT molecular complexity index is 688. The van der Waals surface area contributed by atoms with E-state index in [9.17, 15) is 9.59 Å². The van der Waals surface area contributed by atoms with Crippen LogP contribution in [0, 0.1) is 0 Å². The lowest BCUT2D eigenvalue weighted by atomic mass is 10.2. The Hall–Kier alpha value is -2.37. The van der Waals surface area contributed by atoms with Crippen LogP contribution in [0.25, 0.3) is 0 Å². The average molecular weight is 362 g/mol. The zero-order valence-corrected chi connectivity index (χ0v) is 14.7. The van der Waals surface area contributed by atoms with Crippen molar-refractivity contribution in [1.29, 1.82) is 0 Å². The summed E-state index contributed by atoms with van der Waals surface area (Å²) < 4.78 is 10.1. The highest BCUT2D eigenvalue weighted by Gasteiger charge is 2.18. The van der Waals surface area contributed by atoms with Crippen LogP contribution in [0.3, 0.4) is 0 Å². The second kappa shape index (κ2) is 9.81. The van der Waals surface area contributed by atoms with Gasteiger partial charge in [0.2, 0.25) is 5.91 Å². The van der Waals surface area contributed by atoms with Crippen molar-refractivity contribution >= 4 is 23.5 Å². The number of halogens is 1. The van der Waals surface area contributed by atoms with Crippen molar-refractivity contribution in [2.24, 2.45) is 0 Å². The molecule has 25 heavy (non-hydrogen) atoms. The fourth-order valence-corrected chi connectivity index (χ4v) is 2.31. The first kappa shape index (κ1) is 19.0. The van der Waals surface area contributed by atoms with Crippen molar-refractivity contribution in [1.82, 2.24) is 4.90 Å². The molecule has 0 saturated carbocycles. The lowest BCUT2D eigenvalue weighted by Crippen LogP contribution is -2.38. The van der Waals surface area contributed by atoms with Crippen LogP contribution in [0.5, 0.6) is 0 Å². The molecule has 0 atom stereocenters. The van der Waals surface area contributed by atoms with Crippen LogP contribution in [0.15, 0.2) is 54.6 Å². The van der Waals surface area contributed by atoms with Gasteiger partial charge >= 0.3 is 5.97 Å². The molecule has 2 aromatic rings. The van der Waals surface area contributed by atoms with Gasteiger partial charge in [0.15, 0.2) is 0 Å². The van der Waals surface area contributed by atoms with Gasteiger partial charge in [-0.3, -0.25) is 9.59 Å². The van der Waals surface area contributed by atoms with Gasteiger partial charge in [-0.1, -0.05) is 54.1 Å². The van der Waals surface area contributed by atoms with E-state index in [0.29, 0.717) is 11.6 Å². The number of benzene rings is 2. The molecule has 0 aliphatic heterocycles. The normalized spacial score (nSPS) is 10.3. The largest absolute Gasteiger partial charge is 0.468 e. The monoisotopic (exact) mass is 361 g/mol. The first-order valence-electron chi connectivity index (χ1n) is 7.79. The second-order valence-corrected chi connectivity index (χ2v) is 5.87. The van der Waals surface area contributed by atoms with Gasteiger partial charge in [-0.05, 0) is 23.3 Å². The van der Waals surface area contributed by atoms with Gasteiger partial charge in [0.05, 0.1) is 13.7 Å². The Kier molecular flexibility index (Phi) is 7.44. The van der Waals surface area contributed by atoms with Gasteiger partial charge in [0, 0.05) is 11.6 Å². The number of rotatable bonds is 8. The molecule has 0 unspecified atom stereocenters. The number of carbonyl (C=O) groups excluding carboxylic acids is 2. The minimum Gasteiger partial charge on any atom is -0.468 e. The molecule has 0 radical (unpaired) electrons. The van der Waals surface area contributed by atoms with Crippen LogP contribution in [0.1, 0.15) is 11.1 Å². The van der Waals surface area contributed by atoms with Crippen molar-refractivity contribution in [3.63, 3.8) is 0 Å². The van der Waals surface area contributed by atoms with Crippen molar-refractivity contribution in [3.05, 3.63) is 70.7 Å². The van der Waals surface area contributed by atoms with E-state index in [4.69, 9.17) is 16.3 Å². The summed E-state index contributed by atoms with van der Waals surface area (Å²) in [5, 5.41) is 0.612. The highest BCUT2D eigenvalue weighted by atomic mass is 35.5. The lowest BCUT2D eigenvalue weighted by molar-refractivity contribution is -0.149. The van der Waals surface area contributed by atoms with Crippen molar-refractivity contribution in [2.45, 2.75) is 13.2 Å². The number of ether oxygens (including phenoxy) is 2. The molecule has 1 amide bonds. The third kappa shape index (κ3) is 6.57. The quantitative estimate of drug-likeness (QED) is 0.678. The van der Waals surface area contributed by atoms with Crippen LogP contribution < -0.4 is 0 Å². The Morgan fingerprint density at radius 2 is 1.68 bits per heavy atom. The number of hydrogen-bond donors (Lipinski definition) is 0. The summed E-state index contributed by atoms with van der Waals surface area (Å²) in [6, 6.07) is 16.7. The standard InChI is InChI=1S/C19H20ClNO4/c1-24-19(23)12-21(11-15-7-9-17(20)10-8-15)18(22)14-25-13-16-5-3-2-4-6-16/h2-10H,11-14H2,1H3. The van der Waals surface area contributed by atoms with E-state index in [-0.39, 0.29) is 25.6 Å². The highest BCUT2D eigenvalue weighted by Crippen LogP contribution is 2.12. The maximum atomic E-state index is 12.4. The zero-order valence-electron chi connectivity index (χ0n) is 14.0. The Labute approximate surface area is 152 Å². The molecule has 0 aromatic heterocycles. The lowest BCUT2D eigenvalue weighted by Gasteiger charge is -2.21. The third-order valence-electron chi connectivity index (χ3n) is 3.52. The first-order chi connectivity index (χ1) is 12.1. The number of nitrogens with zero attached hydrogens (tertiary/aromatic N) is 1. The maximum absolute atomic E-state index is 12.4.